The molecule has 0 unspecified atom stereocenters. The quantitative estimate of drug-likeness (QED) is 0.256. The first kappa shape index (κ1) is 23.5. The molecule has 28 heavy (non-hydrogen) atoms. The summed E-state index contributed by atoms with van der Waals surface area (Å²) < 4.78 is 9.27. The van der Waals surface area contributed by atoms with Gasteiger partial charge < -0.3 is 25.1 Å². The van der Waals surface area contributed by atoms with Crippen molar-refractivity contribution in [2.24, 2.45) is 11.5 Å². The van der Waals surface area contributed by atoms with Crippen LogP contribution in [0.15, 0.2) is 48.5 Å². The highest BCUT2D eigenvalue weighted by Gasteiger charge is 2.13. The van der Waals surface area contributed by atoms with Gasteiger partial charge in [0, 0.05) is 11.6 Å². The third-order valence-electron chi connectivity index (χ3n) is 3.30. The van der Waals surface area contributed by atoms with E-state index in [4.69, 9.17) is 28.4 Å². The van der Waals surface area contributed by atoms with E-state index in [1.807, 2.05) is 26.0 Å². The van der Waals surface area contributed by atoms with Gasteiger partial charge in [-0.25, -0.2) is 0 Å². The van der Waals surface area contributed by atoms with Crippen LogP contribution in [0.5, 0.6) is 5.75 Å². The number of aryl methyl sites for hydroxylation is 2. The Labute approximate surface area is 182 Å². The van der Waals surface area contributed by atoms with Gasteiger partial charge in [-0.3, -0.25) is 4.79 Å². The Morgan fingerprint density at radius 1 is 1.04 bits per heavy atom. The van der Waals surface area contributed by atoms with Crippen LogP contribution in [0.1, 0.15) is 27.0 Å². The number of nitrogens with two attached hydrogens (primary N) is 2. The van der Waals surface area contributed by atoms with E-state index in [0.29, 0.717) is 5.56 Å². The molecule has 0 spiro atoms. The number of rotatable bonds is 4. The lowest BCUT2D eigenvalue weighted by Crippen LogP contribution is -2.17. The highest BCUT2D eigenvalue weighted by atomic mass is 79.9. The molecule has 0 radical (unpaired) electrons. The van der Waals surface area contributed by atoms with Gasteiger partial charge in [-0.2, -0.15) is 0 Å². The van der Waals surface area contributed by atoms with Gasteiger partial charge in [0.2, 0.25) is 0 Å². The second-order valence-corrected chi connectivity index (χ2v) is 6.71. The molecule has 0 aliphatic rings. The first-order valence-corrected chi connectivity index (χ1v) is 9.28. The lowest BCUT2D eigenvalue weighted by molar-refractivity contribution is 0.104. The molecular formula is C19H19BrN2O4S2. The van der Waals surface area contributed by atoms with Crippen molar-refractivity contribution >= 4 is 62.6 Å². The molecule has 0 aromatic heterocycles. The van der Waals surface area contributed by atoms with Crippen LogP contribution in [0.4, 0.5) is 0 Å². The maximum Gasteiger partial charge on any atom is 0.266 e. The molecule has 0 aliphatic carbocycles. The number of carbonyl (C=O) groups excluding carboxylic acids is 1. The van der Waals surface area contributed by atoms with Crippen LogP contribution in [0, 0.1) is 13.8 Å². The molecule has 0 amide bonds. The molecular weight excluding hydrogens is 464 g/mol. The molecule has 2 aromatic rings. The van der Waals surface area contributed by atoms with Crippen molar-refractivity contribution in [3.8, 4) is 5.75 Å². The van der Waals surface area contributed by atoms with Gasteiger partial charge in [0.25, 0.3) is 10.3 Å². The van der Waals surface area contributed by atoms with Crippen molar-refractivity contribution in [1.29, 1.82) is 0 Å². The maximum absolute atomic E-state index is 12.4. The van der Waals surface area contributed by atoms with Crippen LogP contribution in [0.2, 0.25) is 0 Å². The molecule has 6 nitrogen and oxygen atoms in total. The van der Waals surface area contributed by atoms with Crippen LogP contribution in [-0.2, 0) is 3.83 Å². The van der Waals surface area contributed by atoms with Crippen LogP contribution in [0.3, 0.4) is 0 Å². The van der Waals surface area contributed by atoms with E-state index in [0.717, 1.165) is 17.2 Å². The molecule has 0 bridgehead atoms. The molecule has 0 saturated heterocycles. The average molecular weight is 483 g/mol. The van der Waals surface area contributed by atoms with E-state index in [2.05, 4.69) is 32.3 Å². The minimum Gasteiger partial charge on any atom is -0.507 e. The molecule has 0 atom stereocenters. The number of ketones is 1. The van der Waals surface area contributed by atoms with E-state index in [9.17, 15) is 9.90 Å². The summed E-state index contributed by atoms with van der Waals surface area (Å²) in [6.07, 6.45) is 1.16. The molecule has 0 aliphatic heterocycles. The Hall–Kier alpha value is -2.49. The molecule has 2 aromatic carbocycles. The first-order chi connectivity index (χ1) is 13.1. The van der Waals surface area contributed by atoms with Crippen molar-refractivity contribution in [2.45, 2.75) is 13.8 Å². The SMILES string of the molecule is Cc1ccc(C(O)=CC(=O)c2cc(C)ccc2OC(N)=S)cc1.NC(=S)OBr. The Bertz CT molecular complexity index is 899. The number of carbonyl (C=O) groups is 1. The van der Waals surface area contributed by atoms with E-state index in [1.54, 1.807) is 30.3 Å². The molecule has 2 rings (SSSR count). The second-order valence-electron chi connectivity index (χ2n) is 5.58. The normalized spacial score (nSPS) is 10.3. The minimum atomic E-state index is -0.391. The summed E-state index contributed by atoms with van der Waals surface area (Å²) in [5.74, 6) is -0.239. The highest BCUT2D eigenvalue weighted by molar-refractivity contribution is 9.06. The molecule has 148 valence electrons. The molecule has 9 heteroatoms. The van der Waals surface area contributed by atoms with Crippen molar-refractivity contribution in [1.82, 2.24) is 0 Å². The number of hydrogen-bond donors (Lipinski definition) is 3. The number of allylic oxidation sites excluding steroid dienone is 1. The van der Waals surface area contributed by atoms with Crippen molar-refractivity contribution in [3.63, 3.8) is 0 Å². The summed E-state index contributed by atoms with van der Waals surface area (Å²) in [4.78, 5) is 12.4. The zero-order valence-electron chi connectivity index (χ0n) is 15.1. The molecule has 0 fully saturated rings. The largest absolute Gasteiger partial charge is 0.507 e. The predicted molar refractivity (Wildman–Crippen MR) is 122 cm³/mol. The third kappa shape index (κ3) is 8.03. The fraction of sp³-hybridized carbons (Fsp3) is 0.105. The summed E-state index contributed by atoms with van der Waals surface area (Å²) >= 11 is 11.5. The van der Waals surface area contributed by atoms with Crippen molar-refractivity contribution in [3.05, 3.63) is 70.8 Å². The van der Waals surface area contributed by atoms with Gasteiger partial charge in [-0.05, 0) is 50.4 Å². The summed E-state index contributed by atoms with van der Waals surface area (Å²) in [6, 6.07) is 12.3. The number of aliphatic hydroxyl groups is 1. The van der Waals surface area contributed by atoms with E-state index in [-0.39, 0.29) is 27.4 Å². The van der Waals surface area contributed by atoms with Crippen LogP contribution in [-0.4, -0.2) is 21.2 Å². The summed E-state index contributed by atoms with van der Waals surface area (Å²) in [6.45, 7) is 3.80. The van der Waals surface area contributed by atoms with Gasteiger partial charge in [-0.1, -0.05) is 41.5 Å². The monoisotopic (exact) mass is 482 g/mol. The standard InChI is InChI=1S/C18H17NO3S.CH2BrNOS/c1-11-3-6-13(7-4-11)15(20)10-16(21)14-9-12(2)5-8-17(14)22-18(19)23;2-4-1(3)5/h3-10,20H,1-2H3,(H2,19,23);(H2,3,5). The number of thiocarbonyl (C=S) groups is 2. The van der Waals surface area contributed by atoms with Gasteiger partial charge in [0.15, 0.2) is 22.0 Å². The van der Waals surface area contributed by atoms with Crippen LogP contribution < -0.4 is 16.2 Å². The molecule has 5 N–H and O–H groups in total. The van der Waals surface area contributed by atoms with Crippen LogP contribution >= 0.6 is 40.7 Å². The lowest BCUT2D eigenvalue weighted by Gasteiger charge is -2.09. The Morgan fingerprint density at radius 2 is 1.57 bits per heavy atom. The van der Waals surface area contributed by atoms with E-state index >= 15 is 0 Å². The topological polar surface area (TPSA) is 108 Å². The third-order valence-corrected chi connectivity index (χ3v) is 4.03. The van der Waals surface area contributed by atoms with Crippen LogP contribution in [0.25, 0.3) is 5.76 Å². The molecule has 0 saturated carbocycles. The van der Waals surface area contributed by atoms with Gasteiger partial charge in [-0.15, -0.1) is 0 Å². The zero-order valence-corrected chi connectivity index (χ0v) is 18.4. The maximum atomic E-state index is 12.4. The number of halogens is 1. The first-order valence-electron chi connectivity index (χ1n) is 7.82. The lowest BCUT2D eigenvalue weighted by atomic mass is 10.0. The molecule has 0 heterocycles. The van der Waals surface area contributed by atoms with Gasteiger partial charge >= 0.3 is 0 Å². The van der Waals surface area contributed by atoms with Crippen molar-refractivity contribution < 1.29 is 18.5 Å². The van der Waals surface area contributed by atoms with Gasteiger partial charge in [0.05, 0.1) is 5.56 Å². The second kappa shape index (κ2) is 11.4. The fourth-order valence-corrected chi connectivity index (χ4v) is 2.13. The van der Waals surface area contributed by atoms with Gasteiger partial charge in [0.1, 0.15) is 11.5 Å². The minimum absolute atomic E-state index is 0.00463. The smallest absolute Gasteiger partial charge is 0.266 e. The Kier molecular flexibility index (Phi) is 9.57. The number of ether oxygens (including phenoxy) is 1. The highest BCUT2D eigenvalue weighted by Crippen LogP contribution is 2.23. The summed E-state index contributed by atoms with van der Waals surface area (Å²) in [5, 5.41) is 9.97. The number of aliphatic hydroxyl groups excluding tert-OH is 1. The fourth-order valence-electron chi connectivity index (χ4n) is 2.04. The Morgan fingerprint density at radius 3 is 2.07 bits per heavy atom. The number of hydrogen-bond acceptors (Lipinski definition) is 6. The number of benzene rings is 2. The van der Waals surface area contributed by atoms with E-state index in [1.165, 1.54) is 0 Å². The Balaban J connectivity index is 0.000000696. The van der Waals surface area contributed by atoms with E-state index < -0.39 is 5.78 Å². The summed E-state index contributed by atoms with van der Waals surface area (Å²) in [7, 11) is 0. The predicted octanol–water partition coefficient (Wildman–Crippen LogP) is 4.26. The zero-order chi connectivity index (χ0) is 21.3. The average Bonchev–Trinajstić information content (AvgIpc) is 2.63. The summed E-state index contributed by atoms with van der Waals surface area (Å²) in [5.41, 5.74) is 12.9. The van der Waals surface area contributed by atoms with Crippen molar-refractivity contribution in [2.75, 3.05) is 0 Å².